The fraction of sp³-hybridized carbons (Fsp3) is 0.500. The Morgan fingerprint density at radius 1 is 1.50 bits per heavy atom. The molecule has 0 spiro atoms. The molecule has 0 radical (unpaired) electrons. The Hall–Kier alpha value is -1.75. The van der Waals surface area contributed by atoms with E-state index in [9.17, 15) is 9.59 Å². The lowest BCUT2D eigenvalue weighted by molar-refractivity contribution is -0.120. The molecule has 0 saturated carbocycles. The van der Waals surface area contributed by atoms with Crippen molar-refractivity contribution in [3.05, 3.63) is 23.2 Å². The number of benzene rings is 1. The second-order valence-electron chi connectivity index (χ2n) is 5.62. The highest BCUT2D eigenvalue weighted by Gasteiger charge is 2.19. The van der Waals surface area contributed by atoms with Gasteiger partial charge in [-0.1, -0.05) is 31.9 Å². The zero-order chi connectivity index (χ0) is 16.1. The van der Waals surface area contributed by atoms with E-state index in [-0.39, 0.29) is 17.7 Å². The number of carbonyl (C=O) groups excluding carboxylic acids is 2. The summed E-state index contributed by atoms with van der Waals surface area (Å²) in [6, 6.07) is 5.41. The van der Waals surface area contributed by atoms with Crippen LogP contribution in [0.3, 0.4) is 0 Å². The van der Waals surface area contributed by atoms with E-state index in [4.69, 9.17) is 11.6 Å². The lowest BCUT2D eigenvalue weighted by atomic mass is 10.1. The summed E-state index contributed by atoms with van der Waals surface area (Å²) in [5.41, 5.74) is 1.50. The molecule has 2 N–H and O–H groups in total. The van der Waals surface area contributed by atoms with E-state index < -0.39 is 0 Å². The lowest BCUT2D eigenvalue weighted by Crippen LogP contribution is -2.47. The van der Waals surface area contributed by atoms with Crippen molar-refractivity contribution in [3.63, 3.8) is 0 Å². The molecule has 1 heterocycles. The first kappa shape index (κ1) is 16.6. The number of rotatable bonds is 5. The lowest BCUT2D eigenvalue weighted by Gasteiger charge is -2.29. The van der Waals surface area contributed by atoms with E-state index in [2.05, 4.69) is 17.6 Å². The summed E-state index contributed by atoms with van der Waals surface area (Å²) < 4.78 is 0. The third-order valence-corrected chi connectivity index (χ3v) is 4.07. The van der Waals surface area contributed by atoms with Crippen LogP contribution in [-0.4, -0.2) is 31.4 Å². The number of hydrogen-bond donors (Lipinski definition) is 2. The van der Waals surface area contributed by atoms with Crippen LogP contribution in [0, 0.1) is 5.92 Å². The van der Waals surface area contributed by atoms with Crippen molar-refractivity contribution in [2.24, 2.45) is 5.92 Å². The Balaban J connectivity index is 2.06. The molecule has 1 aliphatic rings. The highest BCUT2D eigenvalue weighted by atomic mass is 35.5. The van der Waals surface area contributed by atoms with Gasteiger partial charge in [-0.2, -0.15) is 0 Å². The Labute approximate surface area is 136 Å². The van der Waals surface area contributed by atoms with Crippen LogP contribution in [-0.2, 0) is 9.59 Å². The van der Waals surface area contributed by atoms with Crippen molar-refractivity contribution in [2.45, 2.75) is 26.7 Å². The molecule has 1 fully saturated rings. The Kier molecular flexibility index (Phi) is 5.66. The van der Waals surface area contributed by atoms with E-state index in [1.165, 1.54) is 0 Å². The molecule has 1 aromatic carbocycles. The first-order valence-electron chi connectivity index (χ1n) is 7.63. The molecule has 22 heavy (non-hydrogen) atoms. The minimum atomic E-state index is -0.0192. The molecule has 1 saturated heterocycles. The molecule has 120 valence electrons. The zero-order valence-corrected chi connectivity index (χ0v) is 13.7. The van der Waals surface area contributed by atoms with E-state index >= 15 is 0 Å². The minimum absolute atomic E-state index is 0.00279. The SMILES string of the molecule is CCC[C@@H](C)C(=O)Nc1ccc(N2CCNC(=O)C2)c(Cl)c1. The van der Waals surface area contributed by atoms with E-state index in [0.29, 0.717) is 23.8 Å². The van der Waals surface area contributed by atoms with Gasteiger partial charge >= 0.3 is 0 Å². The smallest absolute Gasteiger partial charge is 0.239 e. The second kappa shape index (κ2) is 7.49. The van der Waals surface area contributed by atoms with Gasteiger partial charge in [0.15, 0.2) is 0 Å². The molecular formula is C16H22ClN3O2. The molecule has 2 amide bonds. The van der Waals surface area contributed by atoms with Crippen LogP contribution in [0.2, 0.25) is 5.02 Å². The fourth-order valence-corrected chi connectivity index (χ4v) is 2.81. The number of halogens is 1. The maximum absolute atomic E-state index is 12.0. The van der Waals surface area contributed by atoms with Crippen LogP contribution in [0.15, 0.2) is 18.2 Å². The summed E-state index contributed by atoms with van der Waals surface area (Å²) in [4.78, 5) is 25.4. The van der Waals surface area contributed by atoms with Crippen molar-refractivity contribution in [1.29, 1.82) is 0 Å². The third-order valence-electron chi connectivity index (χ3n) is 3.76. The topological polar surface area (TPSA) is 61.4 Å². The van der Waals surface area contributed by atoms with Crippen LogP contribution < -0.4 is 15.5 Å². The maximum atomic E-state index is 12.0. The molecule has 1 aliphatic heterocycles. The monoisotopic (exact) mass is 323 g/mol. The predicted octanol–water partition coefficient (Wildman–Crippen LogP) is 2.65. The third kappa shape index (κ3) is 4.13. The largest absolute Gasteiger partial charge is 0.359 e. The molecule has 0 unspecified atom stereocenters. The molecule has 6 heteroatoms. The van der Waals surface area contributed by atoms with Crippen LogP contribution in [0.5, 0.6) is 0 Å². The number of anilines is 2. The van der Waals surface area contributed by atoms with Gasteiger partial charge in [0.2, 0.25) is 11.8 Å². The average molecular weight is 324 g/mol. The average Bonchev–Trinajstić information content (AvgIpc) is 2.47. The minimum Gasteiger partial charge on any atom is -0.359 e. The first-order valence-corrected chi connectivity index (χ1v) is 8.01. The highest BCUT2D eigenvalue weighted by Crippen LogP contribution is 2.29. The Morgan fingerprint density at radius 3 is 2.91 bits per heavy atom. The van der Waals surface area contributed by atoms with Crippen molar-refractivity contribution in [2.75, 3.05) is 29.9 Å². The number of nitrogens with one attached hydrogen (secondary N) is 2. The molecule has 0 aliphatic carbocycles. The first-order chi connectivity index (χ1) is 10.5. The van der Waals surface area contributed by atoms with Crippen LogP contribution in [0.25, 0.3) is 0 Å². The summed E-state index contributed by atoms with van der Waals surface area (Å²) in [5, 5.41) is 6.21. The summed E-state index contributed by atoms with van der Waals surface area (Å²) >= 11 is 6.31. The van der Waals surface area contributed by atoms with Gasteiger partial charge in [-0.05, 0) is 24.6 Å². The molecule has 0 bridgehead atoms. The van der Waals surface area contributed by atoms with Gasteiger partial charge in [-0.25, -0.2) is 0 Å². The van der Waals surface area contributed by atoms with Crippen LogP contribution >= 0.6 is 11.6 Å². The molecule has 1 atom stereocenters. The zero-order valence-electron chi connectivity index (χ0n) is 13.0. The maximum Gasteiger partial charge on any atom is 0.239 e. The molecule has 2 rings (SSSR count). The fourth-order valence-electron chi connectivity index (χ4n) is 2.51. The van der Waals surface area contributed by atoms with E-state index in [1.54, 1.807) is 6.07 Å². The normalized spacial score (nSPS) is 16.1. The number of piperazine rings is 1. The van der Waals surface area contributed by atoms with Gasteiger partial charge in [0.05, 0.1) is 17.3 Å². The van der Waals surface area contributed by atoms with Crippen molar-refractivity contribution in [3.8, 4) is 0 Å². The predicted molar refractivity (Wildman–Crippen MR) is 89.4 cm³/mol. The van der Waals surface area contributed by atoms with Gasteiger partial charge in [0.25, 0.3) is 0 Å². The number of nitrogens with zero attached hydrogens (tertiary/aromatic N) is 1. The highest BCUT2D eigenvalue weighted by molar-refractivity contribution is 6.33. The van der Waals surface area contributed by atoms with Crippen molar-refractivity contribution < 1.29 is 9.59 Å². The van der Waals surface area contributed by atoms with Gasteiger partial charge in [0.1, 0.15) is 0 Å². The number of carbonyl (C=O) groups is 2. The van der Waals surface area contributed by atoms with Crippen molar-refractivity contribution >= 4 is 34.8 Å². The summed E-state index contributed by atoms with van der Waals surface area (Å²) in [7, 11) is 0. The summed E-state index contributed by atoms with van der Waals surface area (Å²) in [5.74, 6) is -0.0228. The summed E-state index contributed by atoms with van der Waals surface area (Å²) in [6.07, 6.45) is 1.84. The standard InChI is InChI=1S/C16H22ClN3O2/c1-3-4-11(2)16(22)19-12-5-6-14(13(17)9-12)20-8-7-18-15(21)10-20/h5-6,9,11H,3-4,7-8,10H2,1-2H3,(H,18,21)(H,19,22)/t11-/m1/s1. The van der Waals surface area contributed by atoms with Crippen LogP contribution in [0.4, 0.5) is 11.4 Å². The Bertz CT molecular complexity index is 562. The second-order valence-corrected chi connectivity index (χ2v) is 6.02. The van der Waals surface area contributed by atoms with Crippen molar-refractivity contribution in [1.82, 2.24) is 5.32 Å². The van der Waals surface area contributed by atoms with Crippen LogP contribution in [0.1, 0.15) is 26.7 Å². The molecule has 0 aromatic heterocycles. The van der Waals surface area contributed by atoms with Gasteiger partial charge in [-0.15, -0.1) is 0 Å². The van der Waals surface area contributed by atoms with Gasteiger partial charge in [-0.3, -0.25) is 9.59 Å². The van der Waals surface area contributed by atoms with E-state index in [0.717, 1.165) is 25.1 Å². The van der Waals surface area contributed by atoms with E-state index in [1.807, 2.05) is 24.0 Å². The summed E-state index contributed by atoms with van der Waals surface area (Å²) in [6.45, 7) is 5.62. The quantitative estimate of drug-likeness (QED) is 0.875. The van der Waals surface area contributed by atoms with Gasteiger partial charge in [0, 0.05) is 24.7 Å². The number of amides is 2. The molecule has 5 nitrogen and oxygen atoms in total. The molecular weight excluding hydrogens is 302 g/mol. The number of hydrogen-bond acceptors (Lipinski definition) is 3. The van der Waals surface area contributed by atoms with Gasteiger partial charge < -0.3 is 15.5 Å². The molecule has 1 aromatic rings. The Morgan fingerprint density at radius 2 is 2.27 bits per heavy atom.